The van der Waals surface area contributed by atoms with Crippen molar-refractivity contribution in [3.8, 4) is 0 Å². The van der Waals surface area contributed by atoms with Crippen LogP contribution < -0.4 is 5.32 Å². The molecule has 1 fully saturated rings. The second-order valence-electron chi connectivity index (χ2n) is 5.89. The van der Waals surface area contributed by atoms with E-state index in [1.54, 1.807) is 0 Å². The predicted octanol–water partition coefficient (Wildman–Crippen LogP) is 3.27. The lowest BCUT2D eigenvalue weighted by Gasteiger charge is -2.17. The van der Waals surface area contributed by atoms with Gasteiger partial charge in [0.25, 0.3) is 0 Å². The Morgan fingerprint density at radius 3 is 2.35 bits per heavy atom. The normalized spacial score (nSPS) is 20.6. The molecule has 128 valence electrons. The van der Waals surface area contributed by atoms with Gasteiger partial charge in [0.05, 0.1) is 5.56 Å². The van der Waals surface area contributed by atoms with Gasteiger partial charge in [0.2, 0.25) is 5.91 Å². The summed E-state index contributed by atoms with van der Waals surface area (Å²) in [6.45, 7) is 7.47. The number of benzene rings is 1. The van der Waals surface area contributed by atoms with Crippen molar-refractivity contribution in [2.24, 2.45) is 5.92 Å². The van der Waals surface area contributed by atoms with Gasteiger partial charge in [-0.3, -0.25) is 4.79 Å². The molecule has 1 amide bonds. The van der Waals surface area contributed by atoms with Crippen LogP contribution in [0.5, 0.6) is 0 Å². The molecule has 1 N–H and O–H groups in total. The topological polar surface area (TPSA) is 32.3 Å². The second kappa shape index (κ2) is 7.34. The molecule has 2 atom stereocenters. The van der Waals surface area contributed by atoms with E-state index in [1.165, 1.54) is 12.1 Å². The highest BCUT2D eigenvalue weighted by atomic mass is 19.4. The van der Waals surface area contributed by atoms with Gasteiger partial charge in [-0.15, -0.1) is 0 Å². The Labute approximate surface area is 134 Å². The van der Waals surface area contributed by atoms with E-state index in [1.807, 2.05) is 0 Å². The molecule has 0 aliphatic heterocycles. The first-order chi connectivity index (χ1) is 10.9. The molecular weight excluding hydrogens is 305 g/mol. The zero-order chi connectivity index (χ0) is 17.0. The van der Waals surface area contributed by atoms with Crippen LogP contribution in [0, 0.1) is 5.92 Å². The minimum absolute atomic E-state index is 0.00190. The molecule has 0 heterocycles. The van der Waals surface area contributed by atoms with Crippen molar-refractivity contribution in [1.82, 2.24) is 10.2 Å². The third kappa shape index (κ3) is 4.70. The van der Waals surface area contributed by atoms with Crippen molar-refractivity contribution < 1.29 is 18.0 Å². The fourth-order valence-electron chi connectivity index (χ4n) is 2.78. The van der Waals surface area contributed by atoms with E-state index in [2.05, 4.69) is 24.1 Å². The molecule has 0 aromatic heterocycles. The molecule has 0 saturated heterocycles. The zero-order valence-corrected chi connectivity index (χ0v) is 13.5. The first-order valence-corrected chi connectivity index (χ1v) is 8.04. The van der Waals surface area contributed by atoms with Crippen LogP contribution in [0.15, 0.2) is 24.3 Å². The molecule has 0 spiro atoms. The number of hydrogen-bond donors (Lipinski definition) is 1. The first kappa shape index (κ1) is 17.8. The van der Waals surface area contributed by atoms with Crippen molar-refractivity contribution in [1.29, 1.82) is 0 Å². The molecule has 3 nitrogen and oxygen atoms in total. The van der Waals surface area contributed by atoms with Gasteiger partial charge < -0.3 is 10.2 Å². The molecular formula is C17H23F3N2O. The van der Waals surface area contributed by atoms with Crippen LogP contribution in [0.25, 0.3) is 0 Å². The number of carbonyl (C=O) groups is 1. The number of hydrogen-bond acceptors (Lipinski definition) is 2. The SMILES string of the molecule is CCN(CC)CCNC(=O)C1CC1c1ccc(C(F)(F)F)cc1. The lowest BCUT2D eigenvalue weighted by atomic mass is 10.1. The van der Waals surface area contributed by atoms with Crippen molar-refractivity contribution in [3.05, 3.63) is 35.4 Å². The highest BCUT2D eigenvalue weighted by molar-refractivity contribution is 5.82. The maximum atomic E-state index is 12.5. The van der Waals surface area contributed by atoms with E-state index in [-0.39, 0.29) is 17.7 Å². The molecule has 0 bridgehead atoms. The molecule has 6 heteroatoms. The van der Waals surface area contributed by atoms with Crippen molar-refractivity contribution in [2.75, 3.05) is 26.2 Å². The van der Waals surface area contributed by atoms with Gasteiger partial charge in [-0.1, -0.05) is 26.0 Å². The summed E-state index contributed by atoms with van der Waals surface area (Å²) in [6.07, 6.45) is -3.61. The maximum absolute atomic E-state index is 12.5. The number of amides is 1. The Morgan fingerprint density at radius 1 is 1.22 bits per heavy atom. The lowest BCUT2D eigenvalue weighted by molar-refractivity contribution is -0.137. The summed E-state index contributed by atoms with van der Waals surface area (Å²) in [7, 11) is 0. The van der Waals surface area contributed by atoms with Crippen molar-refractivity contribution in [2.45, 2.75) is 32.4 Å². The van der Waals surface area contributed by atoms with Crippen LogP contribution in [0.2, 0.25) is 0 Å². The van der Waals surface area contributed by atoms with Gasteiger partial charge in [0.1, 0.15) is 0 Å². The summed E-state index contributed by atoms with van der Waals surface area (Å²) in [5.41, 5.74) is 0.156. The van der Waals surface area contributed by atoms with Crippen LogP contribution >= 0.6 is 0 Å². The molecule has 23 heavy (non-hydrogen) atoms. The highest BCUT2D eigenvalue weighted by Crippen LogP contribution is 2.47. The molecule has 1 aliphatic carbocycles. The number of likely N-dealkylation sites (N-methyl/N-ethyl adjacent to an activating group) is 1. The quantitative estimate of drug-likeness (QED) is 0.833. The molecule has 1 aliphatic rings. The number of nitrogens with zero attached hydrogens (tertiary/aromatic N) is 1. The second-order valence-corrected chi connectivity index (χ2v) is 5.89. The van der Waals surface area contributed by atoms with E-state index in [0.717, 1.165) is 37.3 Å². The van der Waals surface area contributed by atoms with Gasteiger partial charge in [-0.05, 0) is 43.1 Å². The Bertz CT molecular complexity index is 524. The van der Waals surface area contributed by atoms with Gasteiger partial charge in [0.15, 0.2) is 0 Å². The Balaban J connectivity index is 1.81. The van der Waals surface area contributed by atoms with E-state index in [4.69, 9.17) is 0 Å². The van der Waals surface area contributed by atoms with Crippen LogP contribution in [0.4, 0.5) is 13.2 Å². The number of halogens is 3. The average molecular weight is 328 g/mol. The van der Waals surface area contributed by atoms with E-state index < -0.39 is 11.7 Å². The fraction of sp³-hybridized carbons (Fsp3) is 0.588. The molecule has 2 unspecified atom stereocenters. The van der Waals surface area contributed by atoms with Gasteiger partial charge >= 0.3 is 6.18 Å². The lowest BCUT2D eigenvalue weighted by Crippen LogP contribution is -2.35. The fourth-order valence-corrected chi connectivity index (χ4v) is 2.78. The largest absolute Gasteiger partial charge is 0.416 e. The minimum Gasteiger partial charge on any atom is -0.355 e. The number of nitrogens with one attached hydrogen (secondary N) is 1. The summed E-state index contributed by atoms with van der Waals surface area (Å²) in [4.78, 5) is 14.3. The molecule has 1 aromatic carbocycles. The Morgan fingerprint density at radius 2 is 1.83 bits per heavy atom. The van der Waals surface area contributed by atoms with Gasteiger partial charge in [-0.2, -0.15) is 13.2 Å². The Hall–Kier alpha value is -1.56. The van der Waals surface area contributed by atoms with E-state index in [0.29, 0.717) is 13.0 Å². The summed E-state index contributed by atoms with van der Waals surface area (Å²) in [5, 5.41) is 2.92. The van der Waals surface area contributed by atoms with Crippen LogP contribution in [0.1, 0.15) is 37.3 Å². The third-order valence-electron chi connectivity index (χ3n) is 4.42. The Kier molecular flexibility index (Phi) is 5.68. The maximum Gasteiger partial charge on any atom is 0.416 e. The molecule has 1 saturated carbocycles. The smallest absolute Gasteiger partial charge is 0.355 e. The van der Waals surface area contributed by atoms with E-state index >= 15 is 0 Å². The van der Waals surface area contributed by atoms with Gasteiger partial charge in [0, 0.05) is 19.0 Å². The molecule has 0 radical (unpaired) electrons. The summed E-state index contributed by atoms with van der Waals surface area (Å²) in [6, 6.07) is 5.14. The standard InChI is InChI=1S/C17H23F3N2O/c1-3-22(4-2)10-9-21-16(23)15-11-14(15)12-5-7-13(8-6-12)17(18,19)20/h5-8,14-15H,3-4,9-11H2,1-2H3,(H,21,23). The van der Waals surface area contributed by atoms with E-state index in [9.17, 15) is 18.0 Å². The zero-order valence-electron chi connectivity index (χ0n) is 13.5. The number of carbonyl (C=O) groups excluding carboxylic acids is 1. The van der Waals surface area contributed by atoms with Crippen LogP contribution in [-0.4, -0.2) is 37.0 Å². The third-order valence-corrected chi connectivity index (χ3v) is 4.42. The monoisotopic (exact) mass is 328 g/mol. The van der Waals surface area contributed by atoms with Gasteiger partial charge in [-0.25, -0.2) is 0 Å². The van der Waals surface area contributed by atoms with Crippen LogP contribution in [-0.2, 0) is 11.0 Å². The van der Waals surface area contributed by atoms with Crippen LogP contribution in [0.3, 0.4) is 0 Å². The van der Waals surface area contributed by atoms with Crippen molar-refractivity contribution in [3.63, 3.8) is 0 Å². The summed E-state index contributed by atoms with van der Waals surface area (Å²) in [5.74, 6) is -0.0590. The minimum atomic E-state index is -4.32. The number of rotatable bonds is 7. The molecule has 1 aromatic rings. The first-order valence-electron chi connectivity index (χ1n) is 8.04. The van der Waals surface area contributed by atoms with Crippen molar-refractivity contribution >= 4 is 5.91 Å². The predicted molar refractivity (Wildman–Crippen MR) is 83.1 cm³/mol. The highest BCUT2D eigenvalue weighted by Gasteiger charge is 2.44. The molecule has 2 rings (SSSR count). The number of alkyl halides is 3. The summed E-state index contributed by atoms with van der Waals surface area (Å²) >= 11 is 0. The average Bonchev–Trinajstić information content (AvgIpc) is 3.31. The summed E-state index contributed by atoms with van der Waals surface area (Å²) < 4.78 is 37.6.